The van der Waals surface area contributed by atoms with Crippen LogP contribution in [0.3, 0.4) is 0 Å². The Balaban J connectivity index is 1.33. The van der Waals surface area contributed by atoms with Gasteiger partial charge in [0.15, 0.2) is 0 Å². The van der Waals surface area contributed by atoms with Crippen molar-refractivity contribution < 1.29 is 8.42 Å². The van der Waals surface area contributed by atoms with E-state index in [0.29, 0.717) is 12.5 Å². The molecule has 1 aromatic heterocycles. The van der Waals surface area contributed by atoms with Crippen molar-refractivity contribution in [3.63, 3.8) is 0 Å². The first kappa shape index (κ1) is 20.7. The first-order valence-corrected chi connectivity index (χ1v) is 11.3. The normalized spacial score (nSPS) is 15.8. The van der Waals surface area contributed by atoms with Gasteiger partial charge in [-0.3, -0.25) is 4.90 Å². The Bertz CT molecular complexity index is 1030. The van der Waals surface area contributed by atoms with Crippen LogP contribution >= 0.6 is 0 Å². The predicted molar refractivity (Wildman–Crippen MR) is 117 cm³/mol. The Morgan fingerprint density at radius 1 is 1.07 bits per heavy atom. The number of thiol groups is 1. The quantitative estimate of drug-likeness (QED) is 0.589. The van der Waals surface area contributed by atoms with E-state index in [1.807, 2.05) is 53.3 Å². The fraction of sp³-hybridized carbons (Fsp3) is 0.364. The number of para-hydroxylation sites is 1. The zero-order chi connectivity index (χ0) is 20.9. The average molecular weight is 426 g/mol. The summed E-state index contributed by atoms with van der Waals surface area (Å²) in [6.07, 6.45) is 4.17. The van der Waals surface area contributed by atoms with Crippen molar-refractivity contribution in [2.24, 2.45) is 0 Å². The molecule has 0 amide bonds. The molecule has 1 aliphatic rings. The monoisotopic (exact) mass is 425 g/mol. The van der Waals surface area contributed by atoms with E-state index in [2.05, 4.69) is 27.3 Å². The molecular weight excluding hydrogens is 398 g/mol. The molecule has 0 atom stereocenters. The summed E-state index contributed by atoms with van der Waals surface area (Å²) in [5.74, 6) is 0.507. The lowest BCUT2D eigenvalue weighted by Crippen LogP contribution is -2.32. The van der Waals surface area contributed by atoms with Gasteiger partial charge in [0.2, 0.25) is 10.9 Å². The molecule has 2 heterocycles. The Morgan fingerprint density at radius 3 is 2.57 bits per heavy atom. The minimum absolute atomic E-state index is 0.419. The molecule has 1 saturated heterocycles. The minimum atomic E-state index is -2.54. The van der Waals surface area contributed by atoms with Crippen molar-refractivity contribution in [3.8, 4) is 5.69 Å². The molecule has 1 fully saturated rings. The van der Waals surface area contributed by atoms with Crippen LogP contribution in [0.4, 0.5) is 0 Å². The Hall–Kier alpha value is -2.55. The highest BCUT2D eigenvalue weighted by Gasteiger charge is 2.21. The molecule has 4 rings (SSSR count). The Morgan fingerprint density at radius 2 is 1.83 bits per heavy atom. The molecule has 1 aliphatic heterocycles. The maximum absolute atomic E-state index is 11.1. The van der Waals surface area contributed by atoms with E-state index in [9.17, 15) is 8.42 Å². The number of hydrogen-bond acceptors (Lipinski definition) is 5. The number of nitrogens with zero attached hydrogens (tertiary/aromatic N) is 5. The SMILES string of the molecule is CN(Cc1cccc(C2CCN(Cc3cn(-c4ccccc4)nn3)CC2)c1)[SH](=O)=O. The fourth-order valence-electron chi connectivity index (χ4n) is 4.00. The highest BCUT2D eigenvalue weighted by molar-refractivity contribution is 7.69. The van der Waals surface area contributed by atoms with Crippen molar-refractivity contribution in [3.05, 3.63) is 77.6 Å². The molecule has 7 nitrogen and oxygen atoms in total. The molecule has 158 valence electrons. The van der Waals surface area contributed by atoms with Crippen LogP contribution in [0.15, 0.2) is 60.8 Å². The van der Waals surface area contributed by atoms with Crippen LogP contribution in [0.5, 0.6) is 0 Å². The first-order chi connectivity index (χ1) is 14.6. The van der Waals surface area contributed by atoms with Crippen LogP contribution in [-0.4, -0.2) is 52.8 Å². The first-order valence-electron chi connectivity index (χ1n) is 10.2. The summed E-state index contributed by atoms with van der Waals surface area (Å²) in [4.78, 5) is 2.43. The number of aromatic nitrogens is 3. The third kappa shape index (κ3) is 5.13. The highest BCUT2D eigenvalue weighted by atomic mass is 32.2. The number of likely N-dealkylation sites (tertiary alicyclic amines) is 1. The van der Waals surface area contributed by atoms with E-state index < -0.39 is 10.9 Å². The summed E-state index contributed by atoms with van der Waals surface area (Å²) in [7, 11) is -0.937. The number of benzene rings is 2. The van der Waals surface area contributed by atoms with E-state index in [1.54, 1.807) is 7.05 Å². The molecule has 30 heavy (non-hydrogen) atoms. The molecule has 0 radical (unpaired) electrons. The molecular formula is C22H27N5O2S. The Kier molecular flexibility index (Phi) is 6.56. The van der Waals surface area contributed by atoms with Gasteiger partial charge in [0.25, 0.3) is 0 Å². The molecule has 0 unspecified atom stereocenters. The summed E-state index contributed by atoms with van der Waals surface area (Å²) in [5, 5.41) is 8.59. The lowest BCUT2D eigenvalue weighted by Gasteiger charge is -2.31. The van der Waals surface area contributed by atoms with Crippen molar-refractivity contribution in [1.29, 1.82) is 0 Å². The molecule has 0 spiro atoms. The van der Waals surface area contributed by atoms with Crippen molar-refractivity contribution in [1.82, 2.24) is 24.2 Å². The van der Waals surface area contributed by atoms with E-state index in [4.69, 9.17) is 0 Å². The van der Waals surface area contributed by atoms with Gasteiger partial charge in [-0.05, 0) is 55.1 Å². The third-order valence-corrected chi connectivity index (χ3v) is 6.35. The lowest BCUT2D eigenvalue weighted by atomic mass is 9.88. The summed E-state index contributed by atoms with van der Waals surface area (Å²) < 4.78 is 25.4. The van der Waals surface area contributed by atoms with Gasteiger partial charge < -0.3 is 0 Å². The number of piperidine rings is 1. The van der Waals surface area contributed by atoms with E-state index >= 15 is 0 Å². The maximum atomic E-state index is 11.1. The van der Waals surface area contributed by atoms with E-state index in [-0.39, 0.29) is 0 Å². The van der Waals surface area contributed by atoms with Crippen LogP contribution in [0.25, 0.3) is 5.69 Å². The largest absolute Gasteiger partial charge is 0.297 e. The zero-order valence-electron chi connectivity index (χ0n) is 17.1. The number of hydrogen-bond donors (Lipinski definition) is 1. The summed E-state index contributed by atoms with van der Waals surface area (Å²) >= 11 is 0. The molecule has 0 aliphatic carbocycles. The fourth-order valence-corrected chi connectivity index (χ4v) is 4.28. The summed E-state index contributed by atoms with van der Waals surface area (Å²) in [6.45, 7) is 3.25. The van der Waals surface area contributed by atoms with E-state index in [1.165, 1.54) is 9.87 Å². The second kappa shape index (κ2) is 9.51. The van der Waals surface area contributed by atoms with Crippen LogP contribution in [0.1, 0.15) is 35.6 Å². The van der Waals surface area contributed by atoms with Crippen molar-refractivity contribution in [2.45, 2.75) is 31.8 Å². The van der Waals surface area contributed by atoms with Crippen LogP contribution in [-0.2, 0) is 24.0 Å². The molecule has 0 bridgehead atoms. The van der Waals surface area contributed by atoms with Gasteiger partial charge in [-0.25, -0.2) is 17.4 Å². The highest BCUT2D eigenvalue weighted by Crippen LogP contribution is 2.29. The number of rotatable bonds is 7. The van der Waals surface area contributed by atoms with Gasteiger partial charge in [0.1, 0.15) is 0 Å². The average Bonchev–Trinajstić information content (AvgIpc) is 3.23. The topological polar surface area (TPSA) is 71.3 Å². The third-order valence-electron chi connectivity index (χ3n) is 5.65. The molecule has 2 aromatic carbocycles. The van der Waals surface area contributed by atoms with E-state index in [0.717, 1.165) is 49.4 Å². The van der Waals surface area contributed by atoms with Gasteiger partial charge in [-0.2, -0.15) is 0 Å². The minimum Gasteiger partial charge on any atom is -0.297 e. The second-order valence-corrected chi connectivity index (χ2v) is 9.00. The van der Waals surface area contributed by atoms with Gasteiger partial charge in [0.05, 0.1) is 17.6 Å². The van der Waals surface area contributed by atoms with Gasteiger partial charge in [0, 0.05) is 20.1 Å². The lowest BCUT2D eigenvalue weighted by molar-refractivity contribution is 0.202. The standard InChI is InChI=1S/C22H27N5O2S/c1-25(30(28)29)15-18-6-5-7-20(14-18)19-10-12-26(13-11-19)16-21-17-27(24-23-21)22-8-3-2-4-9-22/h2-9,14,17,19,30H,10-13,15-16H2,1H3. The van der Waals surface area contributed by atoms with Crippen LogP contribution in [0, 0.1) is 0 Å². The van der Waals surface area contributed by atoms with Crippen molar-refractivity contribution >= 4 is 10.9 Å². The zero-order valence-corrected chi connectivity index (χ0v) is 18.0. The van der Waals surface area contributed by atoms with Crippen LogP contribution < -0.4 is 0 Å². The Labute approximate surface area is 179 Å². The summed E-state index contributed by atoms with van der Waals surface area (Å²) in [5.41, 5.74) is 4.34. The van der Waals surface area contributed by atoms with Gasteiger partial charge >= 0.3 is 0 Å². The smallest absolute Gasteiger partial charge is 0.203 e. The predicted octanol–water partition coefficient (Wildman–Crippen LogP) is 2.61. The molecule has 3 aromatic rings. The molecule has 0 saturated carbocycles. The van der Waals surface area contributed by atoms with Gasteiger partial charge in [-0.15, -0.1) is 5.10 Å². The van der Waals surface area contributed by atoms with Crippen LogP contribution in [0.2, 0.25) is 0 Å². The summed E-state index contributed by atoms with van der Waals surface area (Å²) in [6, 6.07) is 18.4. The molecule has 0 N–H and O–H groups in total. The molecule has 8 heteroatoms. The van der Waals surface area contributed by atoms with Gasteiger partial charge in [-0.1, -0.05) is 47.7 Å². The van der Waals surface area contributed by atoms with Crippen molar-refractivity contribution in [2.75, 3.05) is 20.1 Å². The second-order valence-electron chi connectivity index (χ2n) is 7.84. The maximum Gasteiger partial charge on any atom is 0.203 e.